The largest absolute Gasteiger partial charge is 0.491 e. The number of ether oxygens (including phenoxy) is 1. The van der Waals surface area contributed by atoms with E-state index in [1.807, 2.05) is 6.07 Å². The highest BCUT2D eigenvalue weighted by molar-refractivity contribution is 5.76. The molecule has 1 unspecified atom stereocenters. The lowest BCUT2D eigenvalue weighted by atomic mass is 9.85. The van der Waals surface area contributed by atoms with Gasteiger partial charge in [0.05, 0.1) is 12.3 Å². The number of rotatable bonds is 3. The Kier molecular flexibility index (Phi) is 4.23. The van der Waals surface area contributed by atoms with E-state index in [0.717, 1.165) is 43.1 Å². The van der Waals surface area contributed by atoms with Crippen LogP contribution < -0.4 is 15.4 Å². The van der Waals surface area contributed by atoms with E-state index < -0.39 is 0 Å². The van der Waals surface area contributed by atoms with E-state index in [4.69, 9.17) is 4.74 Å². The van der Waals surface area contributed by atoms with Crippen LogP contribution >= 0.6 is 0 Å². The van der Waals surface area contributed by atoms with Gasteiger partial charge >= 0.3 is 0 Å². The van der Waals surface area contributed by atoms with Gasteiger partial charge in [0.1, 0.15) is 11.4 Å². The summed E-state index contributed by atoms with van der Waals surface area (Å²) in [5.74, 6) is 0.960. The molecule has 19 heavy (non-hydrogen) atoms. The molecule has 2 rings (SSSR count). The van der Waals surface area contributed by atoms with E-state index in [2.05, 4.69) is 50.5 Å². The zero-order chi connectivity index (χ0) is 13.9. The van der Waals surface area contributed by atoms with Gasteiger partial charge in [0.15, 0.2) is 0 Å². The third-order valence-corrected chi connectivity index (χ3v) is 3.60. The highest BCUT2D eigenvalue weighted by atomic mass is 16.5. The number of hydrogen-bond acceptors (Lipinski definition) is 3. The molecule has 0 aliphatic carbocycles. The summed E-state index contributed by atoms with van der Waals surface area (Å²) in [6.07, 6.45) is 2.15. The van der Waals surface area contributed by atoms with Crippen molar-refractivity contribution >= 4 is 11.4 Å². The summed E-state index contributed by atoms with van der Waals surface area (Å²) in [7, 11) is 0. The SMILES string of the molecule is CCCOc1cccc2c1NCCC(C(C)(C)C)N2. The summed E-state index contributed by atoms with van der Waals surface area (Å²) in [5.41, 5.74) is 2.53. The summed E-state index contributed by atoms with van der Waals surface area (Å²) >= 11 is 0. The molecular weight excluding hydrogens is 236 g/mol. The Bertz CT molecular complexity index is 423. The van der Waals surface area contributed by atoms with E-state index in [0.29, 0.717) is 6.04 Å². The first kappa shape index (κ1) is 14.0. The first-order valence-electron chi connectivity index (χ1n) is 7.28. The number of anilines is 2. The quantitative estimate of drug-likeness (QED) is 0.859. The minimum Gasteiger partial charge on any atom is -0.491 e. The lowest BCUT2D eigenvalue weighted by Gasteiger charge is -2.31. The summed E-state index contributed by atoms with van der Waals surface area (Å²) in [5, 5.41) is 7.19. The second-order valence-corrected chi connectivity index (χ2v) is 6.31. The maximum absolute atomic E-state index is 5.83. The predicted octanol–water partition coefficient (Wildman–Crippen LogP) is 4.12. The minimum atomic E-state index is 0.254. The van der Waals surface area contributed by atoms with Crippen molar-refractivity contribution in [1.29, 1.82) is 0 Å². The maximum Gasteiger partial charge on any atom is 0.144 e. The lowest BCUT2D eigenvalue weighted by Crippen LogP contribution is -2.34. The van der Waals surface area contributed by atoms with Gasteiger partial charge in [-0.1, -0.05) is 33.8 Å². The molecule has 1 aromatic rings. The molecule has 0 bridgehead atoms. The number of nitrogens with one attached hydrogen (secondary N) is 2. The summed E-state index contributed by atoms with van der Waals surface area (Å²) in [6.45, 7) is 10.7. The molecular formula is C16H26N2O. The van der Waals surface area contributed by atoms with Crippen LogP contribution in [-0.4, -0.2) is 19.2 Å². The van der Waals surface area contributed by atoms with E-state index in [-0.39, 0.29) is 5.41 Å². The number of benzene rings is 1. The Balaban J connectivity index is 2.24. The second kappa shape index (κ2) is 5.72. The van der Waals surface area contributed by atoms with E-state index in [9.17, 15) is 0 Å². The molecule has 1 aliphatic heterocycles. The Hall–Kier alpha value is -1.38. The van der Waals surface area contributed by atoms with Crippen LogP contribution in [0.1, 0.15) is 40.5 Å². The molecule has 3 heteroatoms. The lowest BCUT2D eigenvalue weighted by molar-refractivity contribution is 0.319. The third-order valence-electron chi connectivity index (χ3n) is 3.60. The van der Waals surface area contributed by atoms with Crippen molar-refractivity contribution in [2.24, 2.45) is 5.41 Å². The van der Waals surface area contributed by atoms with Crippen LogP contribution in [0.3, 0.4) is 0 Å². The molecule has 2 N–H and O–H groups in total. The molecule has 1 aromatic carbocycles. The Morgan fingerprint density at radius 2 is 2.11 bits per heavy atom. The van der Waals surface area contributed by atoms with Crippen molar-refractivity contribution in [3.05, 3.63) is 18.2 Å². The van der Waals surface area contributed by atoms with Crippen LogP contribution in [0.2, 0.25) is 0 Å². The fourth-order valence-corrected chi connectivity index (χ4v) is 2.42. The van der Waals surface area contributed by atoms with Gasteiger partial charge in [-0.25, -0.2) is 0 Å². The molecule has 0 aromatic heterocycles. The molecule has 0 saturated heterocycles. The Morgan fingerprint density at radius 3 is 2.79 bits per heavy atom. The van der Waals surface area contributed by atoms with Gasteiger partial charge in [0.2, 0.25) is 0 Å². The monoisotopic (exact) mass is 262 g/mol. The van der Waals surface area contributed by atoms with Gasteiger partial charge in [-0.05, 0) is 30.4 Å². The van der Waals surface area contributed by atoms with Crippen LogP contribution in [-0.2, 0) is 0 Å². The van der Waals surface area contributed by atoms with Gasteiger partial charge in [0, 0.05) is 12.6 Å². The zero-order valence-electron chi connectivity index (χ0n) is 12.5. The fraction of sp³-hybridized carbons (Fsp3) is 0.625. The molecule has 3 nitrogen and oxygen atoms in total. The van der Waals surface area contributed by atoms with Crippen LogP contribution in [0.25, 0.3) is 0 Å². The summed E-state index contributed by atoms with van der Waals surface area (Å²) in [4.78, 5) is 0. The Labute approximate surface area is 116 Å². The van der Waals surface area contributed by atoms with Gasteiger partial charge in [-0.3, -0.25) is 0 Å². The van der Waals surface area contributed by atoms with E-state index >= 15 is 0 Å². The highest BCUT2D eigenvalue weighted by Gasteiger charge is 2.27. The van der Waals surface area contributed by atoms with Crippen LogP contribution in [0, 0.1) is 5.41 Å². The predicted molar refractivity (Wildman–Crippen MR) is 82.2 cm³/mol. The Morgan fingerprint density at radius 1 is 1.32 bits per heavy atom. The molecule has 0 spiro atoms. The van der Waals surface area contributed by atoms with Gasteiger partial charge in [0.25, 0.3) is 0 Å². The normalized spacial score (nSPS) is 18.8. The molecule has 1 heterocycles. The average molecular weight is 262 g/mol. The maximum atomic E-state index is 5.83. The number of hydrogen-bond donors (Lipinski definition) is 2. The molecule has 0 saturated carbocycles. The van der Waals surface area contributed by atoms with E-state index in [1.54, 1.807) is 0 Å². The summed E-state index contributed by atoms with van der Waals surface area (Å²) in [6, 6.07) is 6.71. The van der Waals surface area contributed by atoms with Gasteiger partial charge in [-0.2, -0.15) is 0 Å². The summed E-state index contributed by atoms with van der Waals surface area (Å²) < 4.78 is 5.83. The van der Waals surface area contributed by atoms with Crippen LogP contribution in [0.4, 0.5) is 11.4 Å². The first-order valence-corrected chi connectivity index (χ1v) is 7.28. The van der Waals surface area contributed by atoms with Gasteiger partial charge < -0.3 is 15.4 Å². The molecule has 1 atom stereocenters. The van der Waals surface area contributed by atoms with Crippen molar-refractivity contribution in [2.45, 2.75) is 46.6 Å². The zero-order valence-corrected chi connectivity index (χ0v) is 12.5. The van der Waals surface area contributed by atoms with Crippen molar-refractivity contribution in [1.82, 2.24) is 0 Å². The van der Waals surface area contributed by atoms with Crippen LogP contribution in [0.15, 0.2) is 18.2 Å². The fourth-order valence-electron chi connectivity index (χ4n) is 2.42. The van der Waals surface area contributed by atoms with Crippen molar-refractivity contribution in [3.63, 3.8) is 0 Å². The first-order chi connectivity index (χ1) is 9.02. The standard InChI is InChI=1S/C16H26N2O/c1-5-11-19-13-8-6-7-12-15(13)17-10-9-14(18-12)16(2,3)4/h6-8,14,17-18H,5,9-11H2,1-4H3. The molecule has 106 valence electrons. The third kappa shape index (κ3) is 3.34. The highest BCUT2D eigenvalue weighted by Crippen LogP contribution is 2.37. The minimum absolute atomic E-state index is 0.254. The second-order valence-electron chi connectivity index (χ2n) is 6.31. The number of fused-ring (bicyclic) bond motifs is 1. The number of para-hydroxylation sites is 1. The average Bonchev–Trinajstić information content (AvgIpc) is 2.58. The van der Waals surface area contributed by atoms with Crippen LogP contribution in [0.5, 0.6) is 5.75 Å². The molecule has 0 fully saturated rings. The van der Waals surface area contributed by atoms with E-state index in [1.165, 1.54) is 0 Å². The smallest absolute Gasteiger partial charge is 0.144 e. The molecule has 0 amide bonds. The van der Waals surface area contributed by atoms with Crippen molar-refractivity contribution < 1.29 is 4.74 Å². The van der Waals surface area contributed by atoms with Crippen molar-refractivity contribution in [2.75, 3.05) is 23.8 Å². The molecule has 0 radical (unpaired) electrons. The topological polar surface area (TPSA) is 33.3 Å². The van der Waals surface area contributed by atoms with Crippen molar-refractivity contribution in [3.8, 4) is 5.75 Å². The molecule has 1 aliphatic rings. The van der Waals surface area contributed by atoms with Gasteiger partial charge in [-0.15, -0.1) is 0 Å².